The largest absolute Gasteiger partial charge is 0.350 e. The zero-order valence-corrected chi connectivity index (χ0v) is 9.27. The van der Waals surface area contributed by atoms with Crippen LogP contribution in [-0.4, -0.2) is 22.3 Å². The molecule has 0 aromatic heterocycles. The number of amides is 2. The van der Waals surface area contributed by atoms with Crippen LogP contribution in [0.25, 0.3) is 0 Å². The maximum absolute atomic E-state index is 10.6. The van der Waals surface area contributed by atoms with E-state index in [1.165, 1.54) is 0 Å². The van der Waals surface area contributed by atoms with Gasteiger partial charge in [0.2, 0.25) is 0 Å². The molecule has 1 rings (SSSR count). The molecule has 0 fully saturated rings. The highest BCUT2D eigenvalue weighted by molar-refractivity contribution is 5.71. The number of carbonyl (C=O) groups is 1. The number of primary amides is 1. The summed E-state index contributed by atoms with van der Waals surface area (Å²) in [6.07, 6.45) is 0. The second kappa shape index (κ2) is 5.19. The van der Waals surface area contributed by atoms with Crippen molar-refractivity contribution in [3.05, 3.63) is 35.4 Å². The minimum absolute atomic E-state index is 0.404. The predicted molar refractivity (Wildman–Crippen MR) is 60.7 cm³/mol. The van der Waals surface area contributed by atoms with Crippen LogP contribution in [0.4, 0.5) is 4.79 Å². The van der Waals surface area contributed by atoms with E-state index in [9.17, 15) is 10.0 Å². The molecular formula is C12H14N2O2. The summed E-state index contributed by atoms with van der Waals surface area (Å²) in [5, 5.41) is 9.58. The summed E-state index contributed by atoms with van der Waals surface area (Å²) in [6, 6.07) is 6.10. The second-order valence-electron chi connectivity index (χ2n) is 3.49. The molecule has 4 heteroatoms. The van der Waals surface area contributed by atoms with Crippen molar-refractivity contribution in [3.8, 4) is 11.8 Å². The second-order valence-corrected chi connectivity index (χ2v) is 3.49. The molecule has 1 unspecified atom stereocenters. The Morgan fingerprint density at radius 2 is 2.00 bits per heavy atom. The fourth-order valence-electron chi connectivity index (χ4n) is 1.08. The lowest BCUT2D eigenvalue weighted by atomic mass is 10.1. The van der Waals surface area contributed by atoms with Gasteiger partial charge in [0.25, 0.3) is 0 Å². The number of hydroxylamine groups is 2. The molecule has 4 nitrogen and oxygen atoms in total. The van der Waals surface area contributed by atoms with Gasteiger partial charge in [-0.1, -0.05) is 29.5 Å². The van der Waals surface area contributed by atoms with Crippen molar-refractivity contribution in [1.29, 1.82) is 0 Å². The van der Waals surface area contributed by atoms with Gasteiger partial charge in [-0.3, -0.25) is 5.21 Å². The molecule has 1 aromatic carbocycles. The Bertz CT molecular complexity index is 429. The summed E-state index contributed by atoms with van der Waals surface area (Å²) in [4.78, 5) is 10.6. The van der Waals surface area contributed by atoms with Gasteiger partial charge in [-0.15, -0.1) is 0 Å². The summed E-state index contributed by atoms with van der Waals surface area (Å²) in [5.41, 5.74) is 6.88. The van der Waals surface area contributed by atoms with Crippen molar-refractivity contribution >= 4 is 6.03 Å². The van der Waals surface area contributed by atoms with Crippen LogP contribution < -0.4 is 5.73 Å². The highest BCUT2D eigenvalue weighted by Gasteiger charge is 2.11. The number of rotatable bonds is 1. The number of aryl methyl sites for hydroxylation is 1. The smallest absolute Gasteiger partial charge is 0.339 e. The number of nitrogens with two attached hydrogens (primary N) is 1. The first-order valence-electron chi connectivity index (χ1n) is 4.86. The Hall–Kier alpha value is -1.99. The first-order chi connectivity index (χ1) is 7.50. The number of urea groups is 1. The zero-order valence-electron chi connectivity index (χ0n) is 9.27. The van der Waals surface area contributed by atoms with Crippen LogP contribution in [0.3, 0.4) is 0 Å². The average Bonchev–Trinajstić information content (AvgIpc) is 2.26. The van der Waals surface area contributed by atoms with Crippen molar-refractivity contribution in [2.24, 2.45) is 5.73 Å². The number of carbonyl (C=O) groups excluding carboxylic acids is 1. The highest BCUT2D eigenvalue weighted by atomic mass is 16.5. The van der Waals surface area contributed by atoms with Gasteiger partial charge in [0.1, 0.15) is 6.04 Å². The van der Waals surface area contributed by atoms with Gasteiger partial charge in [0.05, 0.1) is 0 Å². The van der Waals surface area contributed by atoms with Crippen molar-refractivity contribution in [3.63, 3.8) is 0 Å². The lowest BCUT2D eigenvalue weighted by Gasteiger charge is -2.14. The van der Waals surface area contributed by atoms with Crippen molar-refractivity contribution < 1.29 is 10.0 Å². The van der Waals surface area contributed by atoms with E-state index in [2.05, 4.69) is 11.8 Å². The summed E-state index contributed by atoms with van der Waals surface area (Å²) in [7, 11) is 0. The quantitative estimate of drug-likeness (QED) is 0.426. The third kappa shape index (κ3) is 3.30. The van der Waals surface area contributed by atoms with Crippen LogP contribution in [0.2, 0.25) is 0 Å². The summed E-state index contributed by atoms with van der Waals surface area (Å²) in [6.45, 7) is 3.58. The van der Waals surface area contributed by atoms with Gasteiger partial charge in [-0.25, -0.2) is 4.79 Å². The van der Waals surface area contributed by atoms with Crippen molar-refractivity contribution in [2.75, 3.05) is 0 Å². The molecule has 0 spiro atoms. The van der Waals surface area contributed by atoms with E-state index in [4.69, 9.17) is 5.73 Å². The molecule has 0 saturated heterocycles. The molecule has 1 aromatic rings. The third-order valence-corrected chi connectivity index (χ3v) is 2.07. The van der Waals surface area contributed by atoms with E-state index in [0.29, 0.717) is 5.06 Å². The van der Waals surface area contributed by atoms with Crippen LogP contribution in [0, 0.1) is 18.8 Å². The lowest BCUT2D eigenvalue weighted by molar-refractivity contribution is -0.0536. The molecule has 0 saturated carbocycles. The maximum atomic E-state index is 10.6. The van der Waals surface area contributed by atoms with Gasteiger partial charge in [0, 0.05) is 5.56 Å². The fraction of sp³-hybridized carbons (Fsp3) is 0.250. The molecule has 0 bridgehead atoms. The average molecular weight is 218 g/mol. The Balaban J connectivity index is 2.74. The molecule has 0 radical (unpaired) electrons. The van der Waals surface area contributed by atoms with Crippen LogP contribution in [0.5, 0.6) is 0 Å². The van der Waals surface area contributed by atoms with E-state index in [0.717, 1.165) is 11.1 Å². The molecular weight excluding hydrogens is 204 g/mol. The highest BCUT2D eigenvalue weighted by Crippen LogP contribution is 2.01. The Labute approximate surface area is 94.6 Å². The van der Waals surface area contributed by atoms with Crippen LogP contribution in [0.1, 0.15) is 18.1 Å². The molecule has 16 heavy (non-hydrogen) atoms. The van der Waals surface area contributed by atoms with E-state index in [1.807, 2.05) is 31.2 Å². The van der Waals surface area contributed by atoms with Gasteiger partial charge in [-0.05, 0) is 26.0 Å². The zero-order chi connectivity index (χ0) is 12.1. The first kappa shape index (κ1) is 12.1. The van der Waals surface area contributed by atoms with Gasteiger partial charge in [0.15, 0.2) is 0 Å². The van der Waals surface area contributed by atoms with E-state index in [-0.39, 0.29) is 0 Å². The SMILES string of the molecule is Cc1ccc(C#CC(C)N(O)C(N)=O)cc1. The Kier molecular flexibility index (Phi) is 3.92. The lowest BCUT2D eigenvalue weighted by Crippen LogP contribution is -2.38. The molecule has 0 aliphatic rings. The Morgan fingerprint density at radius 1 is 1.44 bits per heavy atom. The predicted octanol–water partition coefficient (Wildman–Crippen LogP) is 1.50. The van der Waals surface area contributed by atoms with Gasteiger partial charge in [-0.2, -0.15) is 5.06 Å². The number of nitrogens with zero attached hydrogens (tertiary/aromatic N) is 1. The van der Waals surface area contributed by atoms with Crippen molar-refractivity contribution in [1.82, 2.24) is 5.06 Å². The van der Waals surface area contributed by atoms with Crippen molar-refractivity contribution in [2.45, 2.75) is 19.9 Å². The van der Waals surface area contributed by atoms with E-state index >= 15 is 0 Å². The van der Waals surface area contributed by atoms with E-state index < -0.39 is 12.1 Å². The normalized spacial score (nSPS) is 11.2. The number of hydrogen-bond acceptors (Lipinski definition) is 2. The summed E-state index contributed by atoms with van der Waals surface area (Å²) in [5.74, 6) is 5.57. The molecule has 3 N–H and O–H groups in total. The third-order valence-electron chi connectivity index (χ3n) is 2.07. The number of benzene rings is 1. The molecule has 1 atom stereocenters. The molecule has 0 heterocycles. The minimum atomic E-state index is -0.911. The van der Waals surface area contributed by atoms with Crippen LogP contribution in [-0.2, 0) is 0 Å². The molecule has 2 amide bonds. The molecule has 84 valence electrons. The minimum Gasteiger partial charge on any atom is -0.350 e. The molecule has 0 aliphatic heterocycles. The van der Waals surface area contributed by atoms with Gasteiger partial charge < -0.3 is 5.73 Å². The standard InChI is InChI=1S/C12H14N2O2/c1-9-3-6-11(7-4-9)8-5-10(2)14(16)12(13)15/h3-4,6-7,10,16H,1-2H3,(H2,13,15). The topological polar surface area (TPSA) is 66.6 Å². The van der Waals surface area contributed by atoms with Crippen LogP contribution in [0.15, 0.2) is 24.3 Å². The van der Waals surface area contributed by atoms with Crippen LogP contribution >= 0.6 is 0 Å². The summed E-state index contributed by atoms with van der Waals surface area (Å²) >= 11 is 0. The monoisotopic (exact) mass is 218 g/mol. The fourth-order valence-corrected chi connectivity index (χ4v) is 1.08. The maximum Gasteiger partial charge on any atom is 0.339 e. The number of hydrogen-bond donors (Lipinski definition) is 2. The summed E-state index contributed by atoms with van der Waals surface area (Å²) < 4.78 is 0. The Morgan fingerprint density at radius 3 is 2.50 bits per heavy atom. The van der Waals surface area contributed by atoms with Gasteiger partial charge >= 0.3 is 6.03 Å². The first-order valence-corrected chi connectivity index (χ1v) is 4.86. The molecule has 0 aliphatic carbocycles. The van der Waals surface area contributed by atoms with E-state index in [1.54, 1.807) is 6.92 Å².